The summed E-state index contributed by atoms with van der Waals surface area (Å²) < 4.78 is 0. The van der Waals surface area contributed by atoms with E-state index in [1.807, 2.05) is 12.3 Å². The van der Waals surface area contributed by atoms with Crippen molar-refractivity contribution in [3.05, 3.63) is 16.1 Å². The topological polar surface area (TPSA) is 33.1 Å². The first-order valence-electron chi connectivity index (χ1n) is 3.93. The fraction of sp³-hybridized carbons (Fsp3) is 0.625. The average Bonchev–Trinajstić information content (AvgIpc) is 2.59. The Hall–Kier alpha value is -0.0600. The third-order valence-corrected chi connectivity index (χ3v) is 4.04. The minimum Gasteiger partial charge on any atom is -0.383 e. The first-order chi connectivity index (χ1) is 5.71. The van der Waals surface area contributed by atoms with Crippen molar-refractivity contribution in [2.75, 3.05) is 11.5 Å². The zero-order chi connectivity index (χ0) is 8.60. The van der Waals surface area contributed by atoms with E-state index in [0.29, 0.717) is 0 Å². The largest absolute Gasteiger partial charge is 0.383 e. The van der Waals surface area contributed by atoms with Crippen LogP contribution in [0.3, 0.4) is 0 Å². The molecule has 4 heteroatoms. The van der Waals surface area contributed by atoms with Crippen molar-refractivity contribution in [2.24, 2.45) is 0 Å². The molecule has 1 aliphatic rings. The third kappa shape index (κ3) is 1.39. The van der Waals surface area contributed by atoms with Crippen LogP contribution in [0.15, 0.2) is 5.38 Å². The van der Waals surface area contributed by atoms with E-state index in [1.165, 1.54) is 0 Å². The minimum absolute atomic E-state index is 0.630. The lowest BCUT2D eigenvalue weighted by Crippen LogP contribution is -2.25. The predicted octanol–water partition coefficient (Wildman–Crippen LogP) is 1.78. The molecule has 1 aromatic rings. The molecule has 1 aliphatic heterocycles. The highest BCUT2D eigenvalue weighted by atomic mass is 32.2. The van der Waals surface area contributed by atoms with E-state index in [4.69, 9.17) is 0 Å². The Bertz CT molecular complexity index is 278. The molecular weight excluding hydrogens is 190 g/mol. The molecule has 1 fully saturated rings. The Balaban J connectivity index is 2.28. The van der Waals surface area contributed by atoms with Crippen LogP contribution in [-0.2, 0) is 5.60 Å². The minimum atomic E-state index is -0.630. The van der Waals surface area contributed by atoms with Gasteiger partial charge in [0.1, 0.15) is 5.60 Å². The Kier molecular flexibility index (Phi) is 2.14. The molecule has 0 spiro atoms. The third-order valence-electron chi connectivity index (χ3n) is 2.10. The van der Waals surface area contributed by atoms with Crippen LogP contribution >= 0.6 is 23.1 Å². The van der Waals surface area contributed by atoms with Crippen molar-refractivity contribution in [3.8, 4) is 0 Å². The number of thiazole rings is 1. The fourth-order valence-corrected chi connectivity index (χ4v) is 3.29. The second-order valence-electron chi connectivity index (χ2n) is 3.09. The number of rotatable bonds is 1. The summed E-state index contributed by atoms with van der Waals surface area (Å²) in [7, 11) is 0. The average molecular weight is 201 g/mol. The second kappa shape index (κ2) is 3.01. The van der Waals surface area contributed by atoms with E-state index in [2.05, 4.69) is 4.98 Å². The molecule has 0 aliphatic carbocycles. The van der Waals surface area contributed by atoms with Gasteiger partial charge >= 0.3 is 0 Å². The number of aliphatic hydroxyl groups is 1. The molecule has 0 amide bonds. The molecular formula is C8H11NOS2. The van der Waals surface area contributed by atoms with Crippen LogP contribution in [0, 0.1) is 6.92 Å². The van der Waals surface area contributed by atoms with Crippen molar-refractivity contribution in [1.82, 2.24) is 4.98 Å². The maximum atomic E-state index is 10.1. The van der Waals surface area contributed by atoms with Gasteiger partial charge in [0, 0.05) is 11.1 Å². The van der Waals surface area contributed by atoms with Gasteiger partial charge in [0.05, 0.1) is 10.7 Å². The van der Waals surface area contributed by atoms with Crippen molar-refractivity contribution in [1.29, 1.82) is 0 Å². The summed E-state index contributed by atoms with van der Waals surface area (Å²) in [6.45, 7) is 1.97. The van der Waals surface area contributed by atoms with Crippen LogP contribution in [0.4, 0.5) is 0 Å². The predicted molar refractivity (Wildman–Crippen MR) is 52.7 cm³/mol. The van der Waals surface area contributed by atoms with Gasteiger partial charge < -0.3 is 5.11 Å². The fourth-order valence-electron chi connectivity index (χ4n) is 1.33. The molecule has 0 aromatic carbocycles. The lowest BCUT2D eigenvalue weighted by molar-refractivity contribution is 0.0617. The molecule has 1 unspecified atom stereocenters. The van der Waals surface area contributed by atoms with E-state index >= 15 is 0 Å². The molecule has 66 valence electrons. The van der Waals surface area contributed by atoms with Gasteiger partial charge in [-0.05, 0) is 19.1 Å². The van der Waals surface area contributed by atoms with E-state index in [9.17, 15) is 5.11 Å². The Morgan fingerprint density at radius 1 is 1.67 bits per heavy atom. The van der Waals surface area contributed by atoms with E-state index in [1.54, 1.807) is 23.1 Å². The van der Waals surface area contributed by atoms with Gasteiger partial charge in [-0.1, -0.05) is 0 Å². The first kappa shape index (κ1) is 8.53. The highest BCUT2D eigenvalue weighted by Crippen LogP contribution is 2.36. The molecule has 1 aromatic heterocycles. The Labute approximate surface area is 80.0 Å². The van der Waals surface area contributed by atoms with Crippen molar-refractivity contribution in [2.45, 2.75) is 18.9 Å². The van der Waals surface area contributed by atoms with Crippen LogP contribution in [0.5, 0.6) is 0 Å². The Morgan fingerprint density at radius 3 is 3.00 bits per heavy atom. The molecule has 2 heterocycles. The van der Waals surface area contributed by atoms with Gasteiger partial charge in [0.15, 0.2) is 0 Å². The molecule has 0 radical (unpaired) electrons. The zero-order valence-electron chi connectivity index (χ0n) is 6.91. The lowest BCUT2D eigenvalue weighted by Gasteiger charge is -2.17. The van der Waals surface area contributed by atoms with Crippen molar-refractivity contribution in [3.63, 3.8) is 0 Å². The summed E-state index contributed by atoms with van der Waals surface area (Å²) in [5.74, 6) is 1.85. The molecule has 12 heavy (non-hydrogen) atoms. The summed E-state index contributed by atoms with van der Waals surface area (Å²) >= 11 is 3.41. The smallest absolute Gasteiger partial charge is 0.117 e. The highest BCUT2D eigenvalue weighted by Gasteiger charge is 2.35. The van der Waals surface area contributed by atoms with Gasteiger partial charge in [-0.2, -0.15) is 11.8 Å². The standard InChI is InChI=1S/C8H11NOS2/c1-6-9-7(4-12-6)8(10)2-3-11-5-8/h4,10H,2-3,5H2,1H3. The summed E-state index contributed by atoms with van der Waals surface area (Å²) in [5, 5.41) is 13.1. The van der Waals surface area contributed by atoms with Crippen LogP contribution in [0.2, 0.25) is 0 Å². The molecule has 2 rings (SSSR count). The maximum absolute atomic E-state index is 10.1. The normalized spacial score (nSPS) is 29.5. The maximum Gasteiger partial charge on any atom is 0.117 e. The van der Waals surface area contributed by atoms with Crippen LogP contribution in [0.25, 0.3) is 0 Å². The molecule has 1 atom stereocenters. The number of hydrogen-bond acceptors (Lipinski definition) is 4. The lowest BCUT2D eigenvalue weighted by atomic mass is 10.0. The molecule has 2 nitrogen and oxygen atoms in total. The number of aryl methyl sites for hydroxylation is 1. The van der Waals surface area contributed by atoms with Gasteiger partial charge in [-0.15, -0.1) is 11.3 Å². The van der Waals surface area contributed by atoms with Crippen molar-refractivity contribution < 1.29 is 5.11 Å². The van der Waals surface area contributed by atoms with Crippen molar-refractivity contribution >= 4 is 23.1 Å². The van der Waals surface area contributed by atoms with Gasteiger partial charge in [0.25, 0.3) is 0 Å². The van der Waals surface area contributed by atoms with Crippen LogP contribution in [0.1, 0.15) is 17.1 Å². The molecule has 0 saturated carbocycles. The quantitative estimate of drug-likeness (QED) is 0.752. The second-order valence-corrected chi connectivity index (χ2v) is 5.25. The van der Waals surface area contributed by atoms with E-state index in [0.717, 1.165) is 28.6 Å². The zero-order valence-corrected chi connectivity index (χ0v) is 8.54. The summed E-state index contributed by atoms with van der Waals surface area (Å²) in [6, 6.07) is 0. The molecule has 1 saturated heterocycles. The monoisotopic (exact) mass is 201 g/mol. The molecule has 1 N–H and O–H groups in total. The Morgan fingerprint density at radius 2 is 2.50 bits per heavy atom. The molecule has 0 bridgehead atoms. The van der Waals surface area contributed by atoms with Gasteiger partial charge in [0.2, 0.25) is 0 Å². The van der Waals surface area contributed by atoms with E-state index < -0.39 is 5.60 Å². The van der Waals surface area contributed by atoms with Crippen LogP contribution < -0.4 is 0 Å². The van der Waals surface area contributed by atoms with Crippen LogP contribution in [-0.4, -0.2) is 21.6 Å². The number of thioether (sulfide) groups is 1. The van der Waals surface area contributed by atoms with Gasteiger partial charge in [-0.3, -0.25) is 0 Å². The SMILES string of the molecule is Cc1nc(C2(O)CCSC2)cs1. The number of hydrogen-bond donors (Lipinski definition) is 1. The summed E-state index contributed by atoms with van der Waals surface area (Å²) in [4.78, 5) is 4.32. The first-order valence-corrected chi connectivity index (χ1v) is 5.97. The number of aromatic nitrogens is 1. The highest BCUT2D eigenvalue weighted by molar-refractivity contribution is 7.99. The summed E-state index contributed by atoms with van der Waals surface area (Å²) in [6.07, 6.45) is 0.848. The van der Waals surface area contributed by atoms with E-state index in [-0.39, 0.29) is 0 Å². The van der Waals surface area contributed by atoms with Gasteiger partial charge in [-0.25, -0.2) is 4.98 Å². The summed E-state index contributed by atoms with van der Waals surface area (Å²) in [5.41, 5.74) is 0.241. The number of nitrogens with zero attached hydrogens (tertiary/aromatic N) is 1.